The number of halogens is 1. The summed E-state index contributed by atoms with van der Waals surface area (Å²) < 4.78 is 19.1. The molecule has 2 aromatic heterocycles. The summed E-state index contributed by atoms with van der Waals surface area (Å²) in [6, 6.07) is 11.9. The predicted molar refractivity (Wildman–Crippen MR) is 107 cm³/mol. The highest BCUT2D eigenvalue weighted by Gasteiger charge is 2.41. The van der Waals surface area contributed by atoms with Crippen molar-refractivity contribution < 1.29 is 13.9 Å². The van der Waals surface area contributed by atoms with Crippen molar-refractivity contribution in [3.8, 4) is 5.75 Å². The lowest BCUT2D eigenvalue weighted by atomic mass is 9.95. The van der Waals surface area contributed by atoms with Crippen LogP contribution in [0, 0.1) is 5.82 Å². The van der Waals surface area contributed by atoms with Crippen molar-refractivity contribution in [2.75, 3.05) is 6.54 Å². The highest BCUT2D eigenvalue weighted by molar-refractivity contribution is 7.10. The van der Waals surface area contributed by atoms with Crippen molar-refractivity contribution in [1.82, 2.24) is 4.90 Å². The van der Waals surface area contributed by atoms with Crippen LogP contribution in [-0.4, -0.2) is 23.0 Å². The van der Waals surface area contributed by atoms with Gasteiger partial charge in [-0.15, -0.1) is 22.7 Å². The molecule has 0 saturated carbocycles. The molecule has 1 amide bonds. The number of benzene rings is 1. The van der Waals surface area contributed by atoms with E-state index < -0.39 is 5.60 Å². The van der Waals surface area contributed by atoms with Gasteiger partial charge in [0.05, 0.1) is 6.04 Å². The van der Waals surface area contributed by atoms with Crippen molar-refractivity contribution in [2.24, 2.45) is 0 Å². The Labute approximate surface area is 166 Å². The zero-order valence-corrected chi connectivity index (χ0v) is 16.8. The molecule has 0 radical (unpaired) electrons. The number of carbonyl (C=O) groups is 1. The van der Waals surface area contributed by atoms with E-state index >= 15 is 0 Å². The Morgan fingerprint density at radius 3 is 2.63 bits per heavy atom. The third-order valence-corrected chi connectivity index (χ3v) is 6.66. The molecule has 1 atom stereocenters. The Morgan fingerprint density at radius 1 is 1.15 bits per heavy atom. The van der Waals surface area contributed by atoms with E-state index in [1.165, 1.54) is 22.6 Å². The topological polar surface area (TPSA) is 29.5 Å². The number of hydrogen-bond donors (Lipinski definition) is 0. The lowest BCUT2D eigenvalue weighted by Crippen LogP contribution is -2.52. The Morgan fingerprint density at radius 2 is 1.93 bits per heavy atom. The molecular weight excluding hydrogens is 381 g/mol. The molecule has 0 unspecified atom stereocenters. The maximum absolute atomic E-state index is 13.5. The normalized spacial score (nSPS) is 16.9. The number of thiophene rings is 2. The molecule has 27 heavy (non-hydrogen) atoms. The zero-order valence-electron chi connectivity index (χ0n) is 15.1. The molecule has 1 aromatic carbocycles. The van der Waals surface area contributed by atoms with Crippen molar-refractivity contribution in [2.45, 2.75) is 31.9 Å². The largest absolute Gasteiger partial charge is 0.478 e. The average Bonchev–Trinajstić information content (AvgIpc) is 3.33. The van der Waals surface area contributed by atoms with E-state index in [0.717, 1.165) is 11.3 Å². The second-order valence-corrected chi connectivity index (χ2v) is 9.01. The van der Waals surface area contributed by atoms with Crippen molar-refractivity contribution in [3.05, 3.63) is 74.4 Å². The minimum Gasteiger partial charge on any atom is -0.478 e. The Bertz CT molecular complexity index is 932. The van der Waals surface area contributed by atoms with Gasteiger partial charge in [0, 0.05) is 16.3 Å². The van der Waals surface area contributed by atoms with E-state index in [4.69, 9.17) is 4.74 Å². The standard InChI is InChI=1S/C21H20FNO2S2/c1-21(2,25-15-7-5-14(22)6-8-15)20(24)23-11-9-17-16(10-13-27-17)19(23)18-4-3-12-26-18/h3-8,10,12-13,19H,9,11H2,1-2H3/t19-/m1/s1. The molecule has 0 N–H and O–H groups in total. The van der Waals surface area contributed by atoms with Gasteiger partial charge >= 0.3 is 0 Å². The van der Waals surface area contributed by atoms with Crippen LogP contribution in [0.4, 0.5) is 4.39 Å². The second kappa shape index (κ2) is 7.09. The molecular formula is C21H20FNO2S2. The van der Waals surface area contributed by atoms with Crippen LogP contribution in [0.25, 0.3) is 0 Å². The monoisotopic (exact) mass is 401 g/mol. The molecule has 4 rings (SSSR count). The Balaban J connectivity index is 1.64. The molecule has 1 aliphatic rings. The molecule has 0 fully saturated rings. The highest BCUT2D eigenvalue weighted by Crippen LogP contribution is 2.40. The fraction of sp³-hybridized carbons (Fsp3) is 0.286. The zero-order chi connectivity index (χ0) is 19.0. The van der Waals surface area contributed by atoms with E-state index in [0.29, 0.717) is 12.3 Å². The number of carbonyl (C=O) groups excluding carboxylic acids is 1. The van der Waals surface area contributed by atoms with Gasteiger partial charge in [-0.3, -0.25) is 4.79 Å². The Hall–Kier alpha value is -2.18. The molecule has 0 saturated heterocycles. The number of rotatable bonds is 4. The van der Waals surface area contributed by atoms with Crippen LogP contribution in [0.3, 0.4) is 0 Å². The van der Waals surface area contributed by atoms with E-state index in [1.54, 1.807) is 48.7 Å². The quantitative estimate of drug-likeness (QED) is 0.595. The average molecular weight is 402 g/mol. The van der Waals surface area contributed by atoms with Crippen molar-refractivity contribution in [1.29, 1.82) is 0 Å². The van der Waals surface area contributed by atoms with Crippen LogP contribution in [0.2, 0.25) is 0 Å². The molecule has 3 aromatic rings. The van der Waals surface area contributed by atoms with Gasteiger partial charge < -0.3 is 9.64 Å². The lowest BCUT2D eigenvalue weighted by Gasteiger charge is -2.40. The van der Waals surface area contributed by atoms with Crippen LogP contribution in [0.15, 0.2) is 53.2 Å². The van der Waals surface area contributed by atoms with Crippen molar-refractivity contribution in [3.63, 3.8) is 0 Å². The van der Waals surface area contributed by atoms with E-state index in [9.17, 15) is 9.18 Å². The van der Waals surface area contributed by atoms with Crippen LogP contribution < -0.4 is 4.74 Å². The summed E-state index contributed by atoms with van der Waals surface area (Å²) in [5.74, 6) is 0.0861. The number of amides is 1. The van der Waals surface area contributed by atoms with Gasteiger partial charge in [0.1, 0.15) is 11.6 Å². The number of hydrogen-bond acceptors (Lipinski definition) is 4. The van der Waals surface area contributed by atoms with Gasteiger partial charge in [0.15, 0.2) is 5.60 Å². The van der Waals surface area contributed by atoms with E-state index in [-0.39, 0.29) is 17.8 Å². The lowest BCUT2D eigenvalue weighted by molar-refractivity contribution is -0.147. The molecule has 0 spiro atoms. The number of nitrogens with zero attached hydrogens (tertiary/aromatic N) is 1. The number of ether oxygens (including phenoxy) is 1. The highest BCUT2D eigenvalue weighted by atomic mass is 32.1. The fourth-order valence-corrected chi connectivity index (χ4v) is 5.23. The van der Waals surface area contributed by atoms with Gasteiger partial charge in [-0.1, -0.05) is 6.07 Å². The fourth-order valence-electron chi connectivity index (χ4n) is 3.48. The summed E-state index contributed by atoms with van der Waals surface area (Å²) in [7, 11) is 0. The third-order valence-electron chi connectivity index (χ3n) is 4.74. The van der Waals surface area contributed by atoms with Gasteiger partial charge in [-0.2, -0.15) is 0 Å². The number of fused-ring (bicyclic) bond motifs is 1. The first-order valence-electron chi connectivity index (χ1n) is 8.81. The smallest absolute Gasteiger partial charge is 0.266 e. The minimum absolute atomic E-state index is 0.0675. The molecule has 1 aliphatic heterocycles. The van der Waals surface area contributed by atoms with E-state index in [2.05, 4.69) is 17.5 Å². The van der Waals surface area contributed by atoms with Gasteiger partial charge in [-0.05, 0) is 73.0 Å². The first kappa shape index (κ1) is 18.2. The summed E-state index contributed by atoms with van der Waals surface area (Å²) in [5.41, 5.74) is 0.153. The van der Waals surface area contributed by atoms with E-state index in [1.807, 2.05) is 16.3 Å². The van der Waals surface area contributed by atoms with Crippen molar-refractivity contribution >= 4 is 28.6 Å². The predicted octanol–water partition coefficient (Wildman–Crippen LogP) is 5.28. The molecule has 0 aliphatic carbocycles. The second-order valence-electron chi connectivity index (χ2n) is 7.03. The minimum atomic E-state index is -1.05. The summed E-state index contributed by atoms with van der Waals surface area (Å²) in [4.78, 5) is 17.9. The third kappa shape index (κ3) is 3.51. The molecule has 140 valence electrons. The Kier molecular flexibility index (Phi) is 4.78. The van der Waals surface area contributed by atoms with Gasteiger partial charge in [0.2, 0.25) is 0 Å². The first-order chi connectivity index (χ1) is 13.0. The summed E-state index contributed by atoms with van der Waals surface area (Å²) in [6.45, 7) is 4.20. The molecule has 0 bridgehead atoms. The molecule has 6 heteroatoms. The molecule has 3 heterocycles. The summed E-state index contributed by atoms with van der Waals surface area (Å²) in [5, 5.41) is 4.14. The van der Waals surface area contributed by atoms with Crippen LogP contribution in [-0.2, 0) is 11.2 Å². The summed E-state index contributed by atoms with van der Waals surface area (Å²) in [6.07, 6.45) is 0.854. The van der Waals surface area contributed by atoms with Gasteiger partial charge in [0.25, 0.3) is 5.91 Å². The van der Waals surface area contributed by atoms with Crippen LogP contribution >= 0.6 is 22.7 Å². The molecule has 3 nitrogen and oxygen atoms in total. The maximum Gasteiger partial charge on any atom is 0.266 e. The maximum atomic E-state index is 13.5. The first-order valence-corrected chi connectivity index (χ1v) is 10.6. The van der Waals surface area contributed by atoms with Crippen LogP contribution in [0.5, 0.6) is 5.75 Å². The van der Waals surface area contributed by atoms with Gasteiger partial charge in [-0.25, -0.2) is 4.39 Å². The summed E-state index contributed by atoms with van der Waals surface area (Å²) >= 11 is 3.41. The van der Waals surface area contributed by atoms with Crippen LogP contribution in [0.1, 0.15) is 35.2 Å². The SMILES string of the molecule is CC(C)(Oc1ccc(F)cc1)C(=O)N1CCc2sccc2[C@@H]1c1cccs1.